The van der Waals surface area contributed by atoms with Gasteiger partial charge in [-0.2, -0.15) is 5.10 Å². The first-order valence-corrected chi connectivity index (χ1v) is 8.64. The predicted molar refractivity (Wildman–Crippen MR) is 100 cm³/mol. The van der Waals surface area contributed by atoms with E-state index in [-0.39, 0.29) is 11.8 Å². The van der Waals surface area contributed by atoms with Crippen LogP contribution in [0.25, 0.3) is 11.3 Å². The number of nitrogens with one attached hydrogen (secondary N) is 1. The average molecular weight is 366 g/mol. The highest BCUT2D eigenvalue weighted by atomic mass is 19.1. The number of nitrogen functional groups attached to an aromatic ring is 1. The average Bonchev–Trinajstić information content (AvgIpc) is 3.13. The first-order chi connectivity index (χ1) is 13.1. The van der Waals surface area contributed by atoms with Gasteiger partial charge < -0.3 is 10.6 Å². The Morgan fingerprint density at radius 1 is 1.22 bits per heavy atom. The molecule has 0 spiro atoms. The van der Waals surface area contributed by atoms with E-state index < -0.39 is 0 Å². The molecule has 2 aromatic heterocycles. The first kappa shape index (κ1) is 17.0. The molecule has 3 N–H and O–H groups in total. The zero-order valence-electron chi connectivity index (χ0n) is 14.5. The van der Waals surface area contributed by atoms with Gasteiger partial charge in [0.2, 0.25) is 0 Å². The number of nitrogens with two attached hydrogens (primary N) is 1. The van der Waals surface area contributed by atoms with Crippen LogP contribution in [-0.4, -0.2) is 38.8 Å². The molecule has 0 unspecified atom stereocenters. The van der Waals surface area contributed by atoms with E-state index in [1.807, 2.05) is 16.9 Å². The Kier molecular flexibility index (Phi) is 4.45. The standard InChI is InChI=1S/C19H19FN6O/c20-15-4-2-14(3-5-15)17-7-6-16(21)18(23-17)24-19(27)25-10-13(11-25)12-26-9-1-8-22-26/h1-9,13H,10-12,21H2,(H,23,24,27). The molecule has 2 amide bonds. The van der Waals surface area contributed by atoms with Crippen LogP contribution < -0.4 is 11.1 Å². The van der Waals surface area contributed by atoms with Crippen molar-refractivity contribution < 1.29 is 9.18 Å². The molecule has 0 atom stereocenters. The van der Waals surface area contributed by atoms with E-state index in [2.05, 4.69) is 15.4 Å². The summed E-state index contributed by atoms with van der Waals surface area (Å²) in [4.78, 5) is 18.6. The SMILES string of the molecule is Nc1ccc(-c2ccc(F)cc2)nc1NC(=O)N1CC(Cn2cccn2)C1. The minimum atomic E-state index is -0.315. The molecule has 0 aliphatic carbocycles. The highest BCUT2D eigenvalue weighted by Crippen LogP contribution is 2.25. The van der Waals surface area contributed by atoms with Gasteiger partial charge in [-0.15, -0.1) is 0 Å². The van der Waals surface area contributed by atoms with Crippen molar-refractivity contribution in [2.75, 3.05) is 24.1 Å². The number of carbonyl (C=O) groups is 1. The summed E-state index contributed by atoms with van der Waals surface area (Å²) >= 11 is 0. The maximum absolute atomic E-state index is 13.1. The van der Waals surface area contributed by atoms with Gasteiger partial charge in [-0.1, -0.05) is 0 Å². The second-order valence-electron chi connectivity index (χ2n) is 6.57. The van der Waals surface area contributed by atoms with E-state index in [1.54, 1.807) is 35.4 Å². The lowest BCUT2D eigenvalue weighted by atomic mass is 10.0. The molecule has 3 heterocycles. The first-order valence-electron chi connectivity index (χ1n) is 8.64. The summed E-state index contributed by atoms with van der Waals surface area (Å²) in [5, 5.41) is 6.95. The summed E-state index contributed by atoms with van der Waals surface area (Å²) in [6, 6.07) is 11.1. The maximum atomic E-state index is 13.1. The molecule has 7 nitrogen and oxygen atoms in total. The van der Waals surface area contributed by atoms with Crippen molar-refractivity contribution >= 4 is 17.5 Å². The fourth-order valence-corrected chi connectivity index (χ4v) is 3.06. The van der Waals surface area contributed by atoms with Crippen molar-refractivity contribution in [3.63, 3.8) is 0 Å². The molecular formula is C19H19FN6O. The molecule has 8 heteroatoms. The van der Waals surface area contributed by atoms with Gasteiger partial charge in [-0.25, -0.2) is 14.2 Å². The molecule has 1 aromatic carbocycles. The summed E-state index contributed by atoms with van der Waals surface area (Å²) in [6.45, 7) is 2.10. The number of pyridine rings is 1. The molecule has 27 heavy (non-hydrogen) atoms. The quantitative estimate of drug-likeness (QED) is 0.743. The van der Waals surface area contributed by atoms with Crippen molar-refractivity contribution in [3.8, 4) is 11.3 Å². The third kappa shape index (κ3) is 3.74. The van der Waals surface area contributed by atoms with Crippen molar-refractivity contribution in [2.24, 2.45) is 5.92 Å². The molecule has 1 fully saturated rings. The second-order valence-corrected chi connectivity index (χ2v) is 6.57. The number of anilines is 2. The number of aromatic nitrogens is 3. The molecule has 1 aliphatic rings. The number of carbonyl (C=O) groups excluding carboxylic acids is 1. The van der Waals surface area contributed by atoms with E-state index in [4.69, 9.17) is 5.73 Å². The fraction of sp³-hybridized carbons (Fsp3) is 0.211. The van der Waals surface area contributed by atoms with Crippen molar-refractivity contribution in [1.29, 1.82) is 0 Å². The maximum Gasteiger partial charge on any atom is 0.323 e. The van der Waals surface area contributed by atoms with Gasteiger partial charge in [0.05, 0.1) is 11.4 Å². The number of urea groups is 1. The number of hydrogen-bond donors (Lipinski definition) is 2. The van der Waals surface area contributed by atoms with Gasteiger partial charge in [0.1, 0.15) is 5.82 Å². The third-order valence-corrected chi connectivity index (χ3v) is 4.54. The molecule has 0 bridgehead atoms. The van der Waals surface area contributed by atoms with Crippen molar-refractivity contribution in [1.82, 2.24) is 19.7 Å². The normalized spacial score (nSPS) is 14.0. The van der Waals surface area contributed by atoms with Crippen LogP contribution in [0.5, 0.6) is 0 Å². The molecule has 1 saturated heterocycles. The second kappa shape index (κ2) is 7.06. The van der Waals surface area contributed by atoms with Crippen molar-refractivity contribution in [3.05, 3.63) is 60.7 Å². The Bertz CT molecular complexity index is 935. The van der Waals surface area contributed by atoms with E-state index in [9.17, 15) is 9.18 Å². The van der Waals surface area contributed by atoms with Crippen LogP contribution in [0.3, 0.4) is 0 Å². The summed E-state index contributed by atoms with van der Waals surface area (Å²) in [5.41, 5.74) is 7.68. The molecule has 1 aliphatic heterocycles. The van der Waals surface area contributed by atoms with Gasteiger partial charge >= 0.3 is 6.03 Å². The Labute approximate surface area is 155 Å². The van der Waals surface area contributed by atoms with E-state index in [1.165, 1.54) is 12.1 Å². The van der Waals surface area contributed by atoms with Crippen molar-refractivity contribution in [2.45, 2.75) is 6.54 Å². The number of rotatable bonds is 4. The number of amides is 2. The lowest BCUT2D eigenvalue weighted by molar-refractivity contribution is 0.117. The molecule has 138 valence electrons. The van der Waals surface area contributed by atoms with E-state index in [0.29, 0.717) is 36.2 Å². The molecule has 0 radical (unpaired) electrons. The molecular weight excluding hydrogens is 347 g/mol. The largest absolute Gasteiger partial charge is 0.396 e. The summed E-state index contributed by atoms with van der Waals surface area (Å²) in [6.07, 6.45) is 3.65. The van der Waals surface area contributed by atoms with Crippen LogP contribution in [0.2, 0.25) is 0 Å². The van der Waals surface area contributed by atoms with Gasteiger partial charge in [-0.3, -0.25) is 10.00 Å². The zero-order valence-corrected chi connectivity index (χ0v) is 14.5. The third-order valence-electron chi connectivity index (χ3n) is 4.54. The lowest BCUT2D eigenvalue weighted by Crippen LogP contribution is -2.53. The highest BCUT2D eigenvalue weighted by molar-refractivity contribution is 5.92. The minimum absolute atomic E-state index is 0.234. The number of benzene rings is 1. The van der Waals surface area contributed by atoms with Gasteiger partial charge in [-0.05, 0) is 42.5 Å². The van der Waals surface area contributed by atoms with Crippen LogP contribution in [0, 0.1) is 11.7 Å². The van der Waals surface area contributed by atoms with Gasteiger partial charge in [0, 0.05) is 43.5 Å². The summed E-state index contributed by atoms with van der Waals surface area (Å²) in [7, 11) is 0. The van der Waals surface area contributed by atoms with Crippen LogP contribution in [0.4, 0.5) is 20.7 Å². The van der Waals surface area contributed by atoms with E-state index >= 15 is 0 Å². The zero-order chi connectivity index (χ0) is 18.8. The lowest BCUT2D eigenvalue weighted by Gasteiger charge is -2.39. The Morgan fingerprint density at radius 2 is 2.00 bits per heavy atom. The number of nitrogens with zero attached hydrogens (tertiary/aromatic N) is 4. The van der Waals surface area contributed by atoms with Crippen LogP contribution in [-0.2, 0) is 6.54 Å². The predicted octanol–water partition coefficient (Wildman–Crippen LogP) is 2.83. The van der Waals surface area contributed by atoms with Crippen LogP contribution in [0.1, 0.15) is 0 Å². The smallest absolute Gasteiger partial charge is 0.323 e. The number of hydrogen-bond acceptors (Lipinski definition) is 4. The van der Waals surface area contributed by atoms with Gasteiger partial charge in [0.25, 0.3) is 0 Å². The Balaban J connectivity index is 1.39. The fourth-order valence-electron chi connectivity index (χ4n) is 3.06. The van der Waals surface area contributed by atoms with Gasteiger partial charge in [0.15, 0.2) is 5.82 Å². The molecule has 3 aromatic rings. The Hall–Kier alpha value is -3.42. The molecule has 4 rings (SSSR count). The highest BCUT2D eigenvalue weighted by Gasteiger charge is 2.31. The van der Waals surface area contributed by atoms with Crippen LogP contribution >= 0.6 is 0 Å². The number of halogens is 1. The summed E-state index contributed by atoms with van der Waals surface area (Å²) in [5.74, 6) is 0.369. The minimum Gasteiger partial charge on any atom is -0.396 e. The van der Waals surface area contributed by atoms with Crippen LogP contribution in [0.15, 0.2) is 54.9 Å². The monoisotopic (exact) mass is 366 g/mol. The Morgan fingerprint density at radius 3 is 2.70 bits per heavy atom. The molecule has 0 saturated carbocycles. The van der Waals surface area contributed by atoms with E-state index in [0.717, 1.165) is 12.1 Å². The topological polar surface area (TPSA) is 89.1 Å². The summed E-state index contributed by atoms with van der Waals surface area (Å²) < 4.78 is 15.0. The number of likely N-dealkylation sites (tertiary alicyclic amines) is 1.